The van der Waals surface area contributed by atoms with Crippen LogP contribution in [0.2, 0.25) is 0 Å². The number of aryl methyl sites for hydroxylation is 1. The van der Waals surface area contributed by atoms with Crippen LogP contribution in [-0.4, -0.2) is 27.8 Å². The second kappa shape index (κ2) is 5.73. The summed E-state index contributed by atoms with van der Waals surface area (Å²) in [5.41, 5.74) is 1.42. The van der Waals surface area contributed by atoms with Crippen molar-refractivity contribution < 1.29 is 4.52 Å². The Hall–Kier alpha value is -2.47. The molecule has 6 heteroatoms. The molecule has 0 aliphatic rings. The number of nitrogens with one attached hydrogen (secondary N) is 1. The second-order valence-corrected chi connectivity index (χ2v) is 5.38. The summed E-state index contributed by atoms with van der Waals surface area (Å²) in [7, 11) is 3.64. The molecule has 22 heavy (non-hydrogen) atoms. The standard InChI is InChI=1S/C16H18N4O2/c1-10(17-2)8-14-18-16(22-19-14)12-9-15(21)20(3)13-7-5-4-6-11(12)13/h4-7,9-10,17H,8H2,1-3H3. The van der Waals surface area contributed by atoms with Crippen molar-refractivity contribution in [3.05, 3.63) is 46.5 Å². The number of hydrogen-bond acceptors (Lipinski definition) is 5. The Balaban J connectivity index is 2.11. The smallest absolute Gasteiger partial charge is 0.258 e. The van der Waals surface area contributed by atoms with E-state index in [4.69, 9.17) is 4.52 Å². The Kier molecular flexibility index (Phi) is 3.77. The van der Waals surface area contributed by atoms with Crippen molar-refractivity contribution in [1.29, 1.82) is 0 Å². The Bertz CT molecular complexity index is 866. The van der Waals surface area contributed by atoms with Gasteiger partial charge in [0.15, 0.2) is 5.82 Å². The summed E-state index contributed by atoms with van der Waals surface area (Å²) in [5.74, 6) is 1.01. The van der Waals surface area contributed by atoms with Gasteiger partial charge in [-0.25, -0.2) is 0 Å². The molecule has 6 nitrogen and oxygen atoms in total. The fraction of sp³-hybridized carbons (Fsp3) is 0.312. The van der Waals surface area contributed by atoms with E-state index >= 15 is 0 Å². The Labute approximate surface area is 127 Å². The van der Waals surface area contributed by atoms with Crippen molar-refractivity contribution in [2.45, 2.75) is 19.4 Å². The van der Waals surface area contributed by atoms with E-state index in [0.717, 1.165) is 10.9 Å². The molecule has 1 unspecified atom stereocenters. The lowest BCUT2D eigenvalue weighted by Gasteiger charge is -2.07. The van der Waals surface area contributed by atoms with E-state index in [1.54, 1.807) is 17.7 Å². The van der Waals surface area contributed by atoms with Gasteiger partial charge in [0, 0.05) is 31.0 Å². The number of pyridine rings is 1. The van der Waals surface area contributed by atoms with Crippen LogP contribution in [0.4, 0.5) is 0 Å². The lowest BCUT2D eigenvalue weighted by molar-refractivity contribution is 0.418. The minimum absolute atomic E-state index is 0.1000. The predicted molar refractivity (Wildman–Crippen MR) is 84.7 cm³/mol. The fourth-order valence-corrected chi connectivity index (χ4v) is 2.41. The monoisotopic (exact) mass is 298 g/mol. The molecule has 1 atom stereocenters. The molecule has 114 valence electrons. The van der Waals surface area contributed by atoms with Crippen LogP contribution in [0.1, 0.15) is 12.7 Å². The first-order chi connectivity index (χ1) is 10.6. The molecule has 1 aromatic carbocycles. The van der Waals surface area contributed by atoms with E-state index < -0.39 is 0 Å². The first-order valence-electron chi connectivity index (χ1n) is 7.19. The molecule has 0 fully saturated rings. The molecule has 0 bridgehead atoms. The topological polar surface area (TPSA) is 73.0 Å². The van der Waals surface area contributed by atoms with Crippen LogP contribution >= 0.6 is 0 Å². The average Bonchev–Trinajstić information content (AvgIpc) is 2.99. The fourth-order valence-electron chi connectivity index (χ4n) is 2.41. The number of rotatable bonds is 4. The first kappa shape index (κ1) is 14.5. The minimum atomic E-state index is -0.1000. The molecule has 1 N–H and O–H groups in total. The third-order valence-electron chi connectivity index (χ3n) is 3.83. The van der Waals surface area contributed by atoms with Gasteiger partial charge in [-0.1, -0.05) is 23.4 Å². The summed E-state index contributed by atoms with van der Waals surface area (Å²) in [4.78, 5) is 16.5. The van der Waals surface area contributed by atoms with Crippen LogP contribution in [-0.2, 0) is 13.5 Å². The molecule has 3 aromatic rings. The van der Waals surface area contributed by atoms with E-state index in [9.17, 15) is 4.79 Å². The van der Waals surface area contributed by atoms with E-state index in [0.29, 0.717) is 23.7 Å². The third-order valence-corrected chi connectivity index (χ3v) is 3.83. The molecular weight excluding hydrogens is 280 g/mol. The molecular formula is C16H18N4O2. The Morgan fingerprint density at radius 3 is 2.91 bits per heavy atom. The molecule has 0 aliphatic carbocycles. The van der Waals surface area contributed by atoms with Crippen molar-refractivity contribution in [2.24, 2.45) is 7.05 Å². The molecule has 0 radical (unpaired) electrons. The molecule has 2 aromatic heterocycles. The lowest BCUT2D eigenvalue weighted by Crippen LogP contribution is -2.24. The minimum Gasteiger partial charge on any atom is -0.334 e. The lowest BCUT2D eigenvalue weighted by atomic mass is 10.1. The number of benzene rings is 1. The predicted octanol–water partition coefficient (Wildman–Crippen LogP) is 1.74. The van der Waals surface area contributed by atoms with Gasteiger partial charge in [0.05, 0.1) is 11.1 Å². The molecule has 0 saturated heterocycles. The summed E-state index contributed by atoms with van der Waals surface area (Å²) in [5, 5.41) is 8.06. The number of nitrogens with zero attached hydrogens (tertiary/aromatic N) is 3. The normalized spacial score (nSPS) is 12.7. The van der Waals surface area contributed by atoms with Crippen molar-refractivity contribution in [3.63, 3.8) is 0 Å². The summed E-state index contributed by atoms with van der Waals surface area (Å²) >= 11 is 0. The van der Waals surface area contributed by atoms with Gasteiger partial charge in [0.1, 0.15) is 0 Å². The van der Waals surface area contributed by atoms with Gasteiger partial charge in [-0.3, -0.25) is 4.79 Å². The van der Waals surface area contributed by atoms with Crippen LogP contribution < -0.4 is 10.9 Å². The van der Waals surface area contributed by atoms with Gasteiger partial charge < -0.3 is 14.4 Å². The number of likely N-dealkylation sites (N-methyl/N-ethyl adjacent to an activating group) is 1. The highest BCUT2D eigenvalue weighted by molar-refractivity contribution is 5.92. The van der Waals surface area contributed by atoms with E-state index in [1.165, 1.54) is 0 Å². The highest BCUT2D eigenvalue weighted by Crippen LogP contribution is 2.25. The Morgan fingerprint density at radius 2 is 2.14 bits per heavy atom. The Morgan fingerprint density at radius 1 is 1.36 bits per heavy atom. The number of hydrogen-bond donors (Lipinski definition) is 1. The zero-order valence-corrected chi connectivity index (χ0v) is 12.8. The van der Waals surface area contributed by atoms with Crippen LogP contribution in [0.5, 0.6) is 0 Å². The molecule has 3 rings (SSSR count). The summed E-state index contributed by atoms with van der Waals surface area (Å²) < 4.78 is 6.97. The van der Waals surface area contributed by atoms with Crippen LogP contribution in [0.25, 0.3) is 22.4 Å². The number of para-hydroxylation sites is 1. The van der Waals surface area contributed by atoms with Crippen LogP contribution in [0.3, 0.4) is 0 Å². The largest absolute Gasteiger partial charge is 0.334 e. The molecule has 0 aliphatic heterocycles. The number of fused-ring (bicyclic) bond motifs is 1. The SMILES string of the molecule is CNC(C)Cc1noc(-c2cc(=O)n(C)c3ccccc23)n1. The van der Waals surface area contributed by atoms with Crippen molar-refractivity contribution in [1.82, 2.24) is 20.0 Å². The maximum Gasteiger partial charge on any atom is 0.258 e. The van der Waals surface area contributed by atoms with Gasteiger partial charge in [-0.2, -0.15) is 4.98 Å². The van der Waals surface area contributed by atoms with Crippen LogP contribution in [0.15, 0.2) is 39.6 Å². The number of aromatic nitrogens is 3. The third kappa shape index (κ3) is 2.53. The zero-order valence-electron chi connectivity index (χ0n) is 12.8. The van der Waals surface area contributed by atoms with Crippen molar-refractivity contribution in [3.8, 4) is 11.5 Å². The van der Waals surface area contributed by atoms with Gasteiger partial charge >= 0.3 is 0 Å². The molecule has 2 heterocycles. The molecule has 0 amide bonds. The molecule has 0 saturated carbocycles. The van der Waals surface area contributed by atoms with Gasteiger partial charge in [-0.15, -0.1) is 0 Å². The summed E-state index contributed by atoms with van der Waals surface area (Å²) in [6.45, 7) is 2.05. The zero-order chi connectivity index (χ0) is 15.7. The van der Waals surface area contributed by atoms with E-state index in [2.05, 4.69) is 15.5 Å². The van der Waals surface area contributed by atoms with E-state index in [1.807, 2.05) is 38.2 Å². The summed E-state index contributed by atoms with van der Waals surface area (Å²) in [6.07, 6.45) is 0.669. The maximum atomic E-state index is 12.1. The van der Waals surface area contributed by atoms with Crippen molar-refractivity contribution >= 4 is 10.9 Å². The summed E-state index contributed by atoms with van der Waals surface area (Å²) in [6, 6.07) is 9.48. The maximum absolute atomic E-state index is 12.1. The van der Waals surface area contributed by atoms with E-state index in [-0.39, 0.29) is 11.6 Å². The van der Waals surface area contributed by atoms with Gasteiger partial charge in [0.2, 0.25) is 0 Å². The quantitative estimate of drug-likeness (QED) is 0.794. The first-order valence-corrected chi connectivity index (χ1v) is 7.19. The highest BCUT2D eigenvalue weighted by Gasteiger charge is 2.15. The van der Waals surface area contributed by atoms with Crippen molar-refractivity contribution in [2.75, 3.05) is 7.05 Å². The molecule has 0 spiro atoms. The second-order valence-electron chi connectivity index (χ2n) is 5.38. The van der Waals surface area contributed by atoms with Gasteiger partial charge in [0.25, 0.3) is 11.4 Å². The van der Waals surface area contributed by atoms with Gasteiger partial charge in [-0.05, 0) is 20.0 Å². The average molecular weight is 298 g/mol. The van der Waals surface area contributed by atoms with Crippen LogP contribution in [0, 0.1) is 0 Å². The highest BCUT2D eigenvalue weighted by atomic mass is 16.5.